The molecule has 148 valence electrons. The number of piperidine rings is 1. The van der Waals surface area contributed by atoms with Crippen LogP contribution in [0.15, 0.2) is 24.3 Å². The van der Waals surface area contributed by atoms with Gasteiger partial charge in [-0.3, -0.25) is 9.69 Å². The van der Waals surface area contributed by atoms with Crippen LogP contribution in [-0.4, -0.2) is 68.1 Å². The summed E-state index contributed by atoms with van der Waals surface area (Å²) in [5.41, 5.74) is 1.28. The van der Waals surface area contributed by atoms with Crippen LogP contribution < -0.4 is 9.64 Å². The Morgan fingerprint density at radius 1 is 0.926 bits per heavy atom. The number of ether oxygens (including phenoxy) is 1. The van der Waals surface area contributed by atoms with Crippen molar-refractivity contribution in [2.75, 3.05) is 51.3 Å². The molecule has 0 bridgehead atoms. The van der Waals surface area contributed by atoms with Crippen molar-refractivity contribution >= 4 is 11.6 Å². The van der Waals surface area contributed by atoms with Crippen LogP contribution in [-0.2, 0) is 4.79 Å². The van der Waals surface area contributed by atoms with Gasteiger partial charge in [0.25, 0.3) is 0 Å². The van der Waals surface area contributed by atoms with Crippen LogP contribution in [0.3, 0.4) is 0 Å². The van der Waals surface area contributed by atoms with Crippen molar-refractivity contribution in [2.24, 2.45) is 5.92 Å². The van der Waals surface area contributed by atoms with Crippen molar-refractivity contribution < 1.29 is 9.53 Å². The molecule has 0 N–H and O–H groups in total. The molecule has 1 atom stereocenters. The lowest BCUT2D eigenvalue weighted by Crippen LogP contribution is -2.56. The largest absolute Gasteiger partial charge is 0.497 e. The highest BCUT2D eigenvalue weighted by Gasteiger charge is 2.33. The number of hydrogen-bond donors (Lipinski definition) is 0. The van der Waals surface area contributed by atoms with E-state index in [1.807, 2.05) is 12.1 Å². The fourth-order valence-corrected chi connectivity index (χ4v) is 5.02. The standard InChI is InChI=1S/C22H33N3O2/c1-27-21-10-8-19(9-11-21)23-13-15-24(16-14-23)20-7-4-12-25(17-20)22(26)18-5-2-3-6-18/h8-11,18,20H,2-7,12-17H2,1H3. The minimum atomic E-state index is 0.315. The van der Waals surface area contributed by atoms with Crippen LogP contribution in [0.4, 0.5) is 5.69 Å². The fraction of sp³-hybridized carbons (Fsp3) is 0.682. The Labute approximate surface area is 163 Å². The molecular formula is C22H33N3O2. The Bertz CT molecular complexity index is 619. The van der Waals surface area contributed by atoms with Crippen molar-refractivity contribution in [2.45, 2.75) is 44.6 Å². The number of nitrogens with zero attached hydrogens (tertiary/aromatic N) is 3. The number of piperazine rings is 1. The van der Waals surface area contributed by atoms with E-state index in [1.165, 1.54) is 24.9 Å². The average Bonchev–Trinajstić information content (AvgIpc) is 3.28. The highest BCUT2D eigenvalue weighted by Crippen LogP contribution is 2.29. The zero-order valence-electron chi connectivity index (χ0n) is 16.6. The molecule has 5 nitrogen and oxygen atoms in total. The third kappa shape index (κ3) is 4.23. The highest BCUT2D eigenvalue weighted by atomic mass is 16.5. The molecule has 0 aromatic heterocycles. The number of hydrogen-bond acceptors (Lipinski definition) is 4. The zero-order valence-corrected chi connectivity index (χ0v) is 16.6. The van der Waals surface area contributed by atoms with E-state index in [0.717, 1.165) is 64.3 Å². The Morgan fingerprint density at radius 2 is 1.63 bits per heavy atom. The monoisotopic (exact) mass is 371 g/mol. The summed E-state index contributed by atoms with van der Waals surface area (Å²) in [7, 11) is 1.71. The predicted molar refractivity (Wildman–Crippen MR) is 108 cm³/mol. The first-order valence-electron chi connectivity index (χ1n) is 10.7. The normalized spacial score (nSPS) is 25.0. The quantitative estimate of drug-likeness (QED) is 0.815. The van der Waals surface area contributed by atoms with Crippen LogP contribution in [0.5, 0.6) is 5.75 Å². The van der Waals surface area contributed by atoms with Crippen LogP contribution in [0, 0.1) is 5.92 Å². The molecule has 1 aromatic carbocycles. The van der Waals surface area contributed by atoms with E-state index in [-0.39, 0.29) is 0 Å². The summed E-state index contributed by atoms with van der Waals surface area (Å²) >= 11 is 0. The predicted octanol–water partition coefficient (Wildman–Crippen LogP) is 3.00. The second-order valence-electron chi connectivity index (χ2n) is 8.28. The van der Waals surface area contributed by atoms with Gasteiger partial charge in [-0.1, -0.05) is 12.8 Å². The summed E-state index contributed by atoms with van der Waals surface area (Å²) in [5, 5.41) is 0. The summed E-state index contributed by atoms with van der Waals surface area (Å²) < 4.78 is 5.26. The Morgan fingerprint density at radius 3 is 2.30 bits per heavy atom. The minimum Gasteiger partial charge on any atom is -0.497 e. The van der Waals surface area contributed by atoms with Gasteiger partial charge in [0.05, 0.1) is 7.11 Å². The number of carbonyl (C=O) groups excluding carboxylic acids is 1. The maximum atomic E-state index is 12.8. The van der Waals surface area contributed by atoms with E-state index < -0.39 is 0 Å². The van der Waals surface area contributed by atoms with Crippen molar-refractivity contribution in [1.82, 2.24) is 9.80 Å². The summed E-state index contributed by atoms with van der Waals surface area (Å²) in [6, 6.07) is 8.92. The van der Waals surface area contributed by atoms with Gasteiger partial charge in [-0.15, -0.1) is 0 Å². The molecular weight excluding hydrogens is 338 g/mol. The zero-order chi connectivity index (χ0) is 18.6. The second-order valence-corrected chi connectivity index (χ2v) is 8.28. The summed E-state index contributed by atoms with van der Waals surface area (Å²) in [5.74, 6) is 1.66. The maximum absolute atomic E-state index is 12.8. The number of rotatable bonds is 4. The van der Waals surface area contributed by atoms with Gasteiger partial charge in [0.15, 0.2) is 0 Å². The molecule has 0 radical (unpaired) electrons. The van der Waals surface area contributed by atoms with Crippen LogP contribution >= 0.6 is 0 Å². The van der Waals surface area contributed by atoms with Gasteiger partial charge in [-0.2, -0.15) is 0 Å². The van der Waals surface area contributed by atoms with E-state index in [1.54, 1.807) is 7.11 Å². The van der Waals surface area contributed by atoms with Gasteiger partial charge in [0.2, 0.25) is 5.91 Å². The van der Waals surface area contributed by atoms with Gasteiger partial charge in [-0.25, -0.2) is 0 Å². The molecule has 1 amide bonds. The molecule has 2 saturated heterocycles. The molecule has 3 fully saturated rings. The Balaban J connectivity index is 1.30. The molecule has 2 heterocycles. The Hall–Kier alpha value is -1.75. The molecule has 0 spiro atoms. The van der Waals surface area contributed by atoms with Crippen molar-refractivity contribution in [3.05, 3.63) is 24.3 Å². The molecule has 3 aliphatic rings. The first-order valence-corrected chi connectivity index (χ1v) is 10.7. The fourth-order valence-electron chi connectivity index (χ4n) is 5.02. The lowest BCUT2D eigenvalue weighted by atomic mass is 9.99. The molecule has 27 heavy (non-hydrogen) atoms. The van der Waals surface area contributed by atoms with Crippen molar-refractivity contribution in [3.63, 3.8) is 0 Å². The molecule has 1 aromatic rings. The first-order chi connectivity index (χ1) is 13.2. The van der Waals surface area contributed by atoms with Crippen LogP contribution in [0.1, 0.15) is 38.5 Å². The number of likely N-dealkylation sites (tertiary alicyclic amines) is 1. The van der Waals surface area contributed by atoms with Gasteiger partial charge >= 0.3 is 0 Å². The number of carbonyl (C=O) groups is 1. The molecule has 2 aliphatic heterocycles. The number of amides is 1. The van der Waals surface area contributed by atoms with Gasteiger partial charge in [0.1, 0.15) is 5.75 Å². The minimum absolute atomic E-state index is 0.315. The summed E-state index contributed by atoms with van der Waals surface area (Å²) in [6.45, 7) is 6.19. The highest BCUT2D eigenvalue weighted by molar-refractivity contribution is 5.79. The third-order valence-electron chi connectivity index (χ3n) is 6.68. The number of benzene rings is 1. The van der Waals surface area contributed by atoms with Crippen molar-refractivity contribution in [3.8, 4) is 5.75 Å². The average molecular weight is 372 g/mol. The Kier molecular flexibility index (Phi) is 5.86. The lowest BCUT2D eigenvalue weighted by Gasteiger charge is -2.44. The number of anilines is 1. The van der Waals surface area contributed by atoms with Crippen LogP contribution in [0.25, 0.3) is 0 Å². The molecule has 1 aliphatic carbocycles. The van der Waals surface area contributed by atoms with E-state index in [2.05, 4.69) is 26.8 Å². The maximum Gasteiger partial charge on any atom is 0.225 e. The summed E-state index contributed by atoms with van der Waals surface area (Å²) in [6.07, 6.45) is 7.09. The summed E-state index contributed by atoms with van der Waals surface area (Å²) in [4.78, 5) is 20.1. The van der Waals surface area contributed by atoms with E-state index in [9.17, 15) is 4.79 Å². The third-order valence-corrected chi connectivity index (χ3v) is 6.68. The van der Waals surface area contributed by atoms with Crippen LogP contribution in [0.2, 0.25) is 0 Å². The SMILES string of the molecule is COc1ccc(N2CCN(C3CCCN(C(=O)C4CCCC4)C3)CC2)cc1. The first kappa shape index (κ1) is 18.6. The van der Waals surface area contributed by atoms with Gasteiger partial charge in [-0.05, 0) is 49.9 Å². The smallest absolute Gasteiger partial charge is 0.225 e. The van der Waals surface area contributed by atoms with E-state index >= 15 is 0 Å². The topological polar surface area (TPSA) is 36.0 Å². The van der Waals surface area contributed by atoms with Gasteiger partial charge in [0, 0.05) is 56.9 Å². The molecule has 4 rings (SSSR count). The number of methoxy groups -OCH3 is 1. The second kappa shape index (κ2) is 8.51. The molecule has 5 heteroatoms. The van der Waals surface area contributed by atoms with Gasteiger partial charge < -0.3 is 14.5 Å². The van der Waals surface area contributed by atoms with Crippen molar-refractivity contribution in [1.29, 1.82) is 0 Å². The van der Waals surface area contributed by atoms with E-state index in [4.69, 9.17) is 4.74 Å². The lowest BCUT2D eigenvalue weighted by molar-refractivity contribution is -0.137. The van der Waals surface area contributed by atoms with E-state index in [0.29, 0.717) is 17.9 Å². The molecule has 1 saturated carbocycles. The molecule has 1 unspecified atom stereocenters.